The lowest BCUT2D eigenvalue weighted by Gasteiger charge is -2.25. The average Bonchev–Trinajstić information content (AvgIpc) is 3.03. The smallest absolute Gasteiger partial charge is 0.255 e. The van der Waals surface area contributed by atoms with Gasteiger partial charge in [0.15, 0.2) is 0 Å². The van der Waals surface area contributed by atoms with Gasteiger partial charge in [0.1, 0.15) is 34.7 Å². The van der Waals surface area contributed by atoms with E-state index in [0.717, 1.165) is 5.57 Å². The molecule has 0 radical (unpaired) electrons. The maximum atomic E-state index is 14.5. The second-order valence-electron chi connectivity index (χ2n) is 5.73. The highest BCUT2D eigenvalue weighted by molar-refractivity contribution is 6.33. The number of fused-ring (bicyclic) bond motifs is 1. The zero-order valence-corrected chi connectivity index (χ0v) is 14.2. The Bertz CT molecular complexity index is 1070. The molecule has 1 aliphatic rings. The molecule has 0 spiro atoms. The molecule has 0 N–H and O–H groups in total. The highest BCUT2D eigenvalue weighted by Crippen LogP contribution is 2.39. The van der Waals surface area contributed by atoms with Gasteiger partial charge in [0.2, 0.25) is 0 Å². The van der Waals surface area contributed by atoms with E-state index >= 15 is 0 Å². The van der Waals surface area contributed by atoms with Crippen molar-refractivity contribution in [2.75, 3.05) is 11.4 Å². The molecule has 0 amide bonds. The minimum absolute atomic E-state index is 0.0303. The Morgan fingerprint density at radius 2 is 1.85 bits per heavy atom. The molecule has 2 aromatic heterocycles. The maximum Gasteiger partial charge on any atom is 0.255 e. The van der Waals surface area contributed by atoms with Gasteiger partial charge in [0.25, 0.3) is 5.78 Å². The molecule has 0 bridgehead atoms. The standard InChI is InChI=1S/C17H11ClF3N5/c1-9-2-4-25(5-3-9)16-14(13-11(20)6-10(19)7-12(13)21)15(18)24-17-22-8-23-26(16)17/h2-4,6-8H,5H2,1H3. The third-order valence-corrected chi connectivity index (χ3v) is 4.29. The van der Waals surface area contributed by atoms with E-state index in [1.165, 1.54) is 10.8 Å². The minimum atomic E-state index is -1.08. The van der Waals surface area contributed by atoms with Crippen LogP contribution in [0.5, 0.6) is 0 Å². The summed E-state index contributed by atoms with van der Waals surface area (Å²) in [5.41, 5.74) is 0.533. The summed E-state index contributed by atoms with van der Waals surface area (Å²) in [6.07, 6.45) is 6.77. The van der Waals surface area contributed by atoms with Crippen LogP contribution >= 0.6 is 11.6 Å². The summed E-state index contributed by atoms with van der Waals surface area (Å²) < 4.78 is 43.6. The molecule has 3 heterocycles. The molecule has 4 rings (SSSR count). The number of rotatable bonds is 2. The van der Waals surface area contributed by atoms with Gasteiger partial charge in [0, 0.05) is 24.9 Å². The van der Waals surface area contributed by atoms with Crippen LogP contribution in [-0.2, 0) is 0 Å². The Morgan fingerprint density at radius 1 is 1.12 bits per heavy atom. The molecule has 132 valence electrons. The summed E-state index contributed by atoms with van der Waals surface area (Å²) in [7, 11) is 0. The molecular weight excluding hydrogens is 367 g/mol. The zero-order chi connectivity index (χ0) is 18.4. The third kappa shape index (κ3) is 2.62. The van der Waals surface area contributed by atoms with Crippen molar-refractivity contribution < 1.29 is 13.2 Å². The number of hydrogen-bond acceptors (Lipinski definition) is 4. The van der Waals surface area contributed by atoms with E-state index in [4.69, 9.17) is 11.6 Å². The Labute approximate surface area is 151 Å². The SMILES string of the molecule is CC1=CCN(c2c(-c3c(F)cc(F)cc3F)c(Cl)nc3ncnn23)C=C1. The van der Waals surface area contributed by atoms with Gasteiger partial charge in [-0.3, -0.25) is 0 Å². The number of benzene rings is 1. The van der Waals surface area contributed by atoms with E-state index in [2.05, 4.69) is 15.1 Å². The summed E-state index contributed by atoms with van der Waals surface area (Å²) in [5, 5.41) is 3.92. The lowest BCUT2D eigenvalue weighted by molar-refractivity contribution is 0.547. The van der Waals surface area contributed by atoms with E-state index in [1.54, 1.807) is 11.1 Å². The molecule has 0 fully saturated rings. The minimum Gasteiger partial charge on any atom is -0.328 e. The highest BCUT2D eigenvalue weighted by atomic mass is 35.5. The molecule has 0 atom stereocenters. The van der Waals surface area contributed by atoms with E-state index in [-0.39, 0.29) is 22.3 Å². The summed E-state index contributed by atoms with van der Waals surface area (Å²) in [4.78, 5) is 9.74. The van der Waals surface area contributed by atoms with Crippen LogP contribution in [0.2, 0.25) is 5.15 Å². The lowest BCUT2D eigenvalue weighted by atomic mass is 10.1. The summed E-state index contributed by atoms with van der Waals surface area (Å²) in [5.74, 6) is -2.73. The summed E-state index contributed by atoms with van der Waals surface area (Å²) in [6.45, 7) is 2.35. The number of aromatic nitrogens is 4. The van der Waals surface area contributed by atoms with Gasteiger partial charge in [0.05, 0.1) is 11.1 Å². The van der Waals surface area contributed by atoms with Gasteiger partial charge < -0.3 is 4.90 Å². The molecule has 0 aliphatic carbocycles. The van der Waals surface area contributed by atoms with Crippen LogP contribution in [0.3, 0.4) is 0 Å². The monoisotopic (exact) mass is 377 g/mol. The Kier molecular flexibility index (Phi) is 3.91. The topological polar surface area (TPSA) is 46.3 Å². The molecule has 5 nitrogen and oxygen atoms in total. The molecule has 1 aromatic carbocycles. The fraction of sp³-hybridized carbons (Fsp3) is 0.118. The van der Waals surface area contributed by atoms with Gasteiger partial charge in [-0.1, -0.05) is 23.3 Å². The second kappa shape index (κ2) is 6.14. The van der Waals surface area contributed by atoms with Crippen molar-refractivity contribution in [2.45, 2.75) is 6.92 Å². The van der Waals surface area contributed by atoms with Gasteiger partial charge in [-0.15, -0.1) is 0 Å². The fourth-order valence-corrected chi connectivity index (χ4v) is 3.05. The van der Waals surface area contributed by atoms with Crippen LogP contribution < -0.4 is 4.90 Å². The fourth-order valence-electron chi connectivity index (χ4n) is 2.80. The number of hydrogen-bond donors (Lipinski definition) is 0. The van der Waals surface area contributed by atoms with Crippen molar-refractivity contribution >= 4 is 23.2 Å². The highest BCUT2D eigenvalue weighted by Gasteiger charge is 2.26. The second-order valence-corrected chi connectivity index (χ2v) is 6.09. The Hall–Kier alpha value is -2.87. The molecule has 0 saturated carbocycles. The number of anilines is 1. The predicted octanol–water partition coefficient (Wildman–Crippen LogP) is 4.14. The average molecular weight is 378 g/mol. The van der Waals surface area contributed by atoms with Gasteiger partial charge >= 0.3 is 0 Å². The number of halogens is 4. The predicted molar refractivity (Wildman–Crippen MR) is 91.3 cm³/mol. The summed E-state index contributed by atoms with van der Waals surface area (Å²) >= 11 is 6.25. The zero-order valence-electron chi connectivity index (χ0n) is 13.4. The first kappa shape index (κ1) is 16.6. The van der Waals surface area contributed by atoms with Crippen LogP contribution in [0.1, 0.15) is 6.92 Å². The first-order valence-corrected chi connectivity index (χ1v) is 7.99. The van der Waals surface area contributed by atoms with Crippen LogP contribution in [-0.4, -0.2) is 26.1 Å². The normalized spacial score (nSPS) is 14.2. The van der Waals surface area contributed by atoms with Crippen molar-refractivity contribution in [3.05, 3.63) is 65.0 Å². The van der Waals surface area contributed by atoms with E-state index < -0.39 is 23.0 Å². The first-order valence-electron chi connectivity index (χ1n) is 7.61. The Balaban J connectivity index is 2.05. The largest absolute Gasteiger partial charge is 0.328 e. The van der Waals surface area contributed by atoms with E-state index in [9.17, 15) is 13.2 Å². The third-order valence-electron chi connectivity index (χ3n) is 4.01. The quantitative estimate of drug-likeness (QED) is 0.630. The maximum absolute atomic E-state index is 14.5. The van der Waals surface area contributed by atoms with Gasteiger partial charge in [-0.05, 0) is 13.0 Å². The lowest BCUT2D eigenvalue weighted by Crippen LogP contribution is -2.23. The first-order chi connectivity index (χ1) is 12.5. The van der Waals surface area contributed by atoms with Crippen molar-refractivity contribution in [3.8, 4) is 11.1 Å². The van der Waals surface area contributed by atoms with Crippen molar-refractivity contribution in [1.82, 2.24) is 19.6 Å². The number of nitrogens with zero attached hydrogens (tertiary/aromatic N) is 5. The molecule has 9 heteroatoms. The molecule has 0 saturated heterocycles. The van der Waals surface area contributed by atoms with Gasteiger partial charge in [-0.2, -0.15) is 19.6 Å². The Morgan fingerprint density at radius 3 is 2.50 bits per heavy atom. The van der Waals surface area contributed by atoms with Crippen molar-refractivity contribution in [1.29, 1.82) is 0 Å². The van der Waals surface area contributed by atoms with Crippen LogP contribution in [0.15, 0.2) is 42.4 Å². The van der Waals surface area contributed by atoms with Crippen LogP contribution in [0.25, 0.3) is 16.9 Å². The van der Waals surface area contributed by atoms with Crippen LogP contribution in [0, 0.1) is 17.5 Å². The van der Waals surface area contributed by atoms with E-state index in [0.29, 0.717) is 18.7 Å². The van der Waals surface area contributed by atoms with Crippen LogP contribution in [0.4, 0.5) is 19.0 Å². The van der Waals surface area contributed by atoms with Crippen molar-refractivity contribution in [3.63, 3.8) is 0 Å². The van der Waals surface area contributed by atoms with Crippen molar-refractivity contribution in [2.24, 2.45) is 0 Å². The molecule has 3 aromatic rings. The van der Waals surface area contributed by atoms with E-state index in [1.807, 2.05) is 19.1 Å². The van der Waals surface area contributed by atoms with Gasteiger partial charge in [-0.25, -0.2) is 13.2 Å². The molecular formula is C17H11ClF3N5. The molecule has 26 heavy (non-hydrogen) atoms. The molecule has 1 aliphatic heterocycles. The summed E-state index contributed by atoms with van der Waals surface area (Å²) in [6, 6.07) is 1.19. The number of allylic oxidation sites excluding steroid dienone is 2. The molecule has 0 unspecified atom stereocenters.